The molecule has 4 aromatic rings. The first-order chi connectivity index (χ1) is 29.4. The summed E-state index contributed by atoms with van der Waals surface area (Å²) >= 11 is 1.46. The lowest BCUT2D eigenvalue weighted by molar-refractivity contribution is -0.143. The van der Waals surface area contributed by atoms with Crippen LogP contribution >= 0.6 is 11.8 Å². The van der Waals surface area contributed by atoms with Gasteiger partial charge in [0.15, 0.2) is 0 Å². The van der Waals surface area contributed by atoms with E-state index < -0.39 is 71.7 Å². The molecule has 6 amide bonds. The van der Waals surface area contributed by atoms with Crippen LogP contribution in [0.3, 0.4) is 0 Å². The number of nitrogens with one attached hydrogen (secondary N) is 6. The Bertz CT molecular complexity index is 2120. The van der Waals surface area contributed by atoms with E-state index >= 15 is 0 Å². The normalized spacial score (nSPS) is 22.4. The molecule has 11 N–H and O–H groups in total. The van der Waals surface area contributed by atoms with Gasteiger partial charge in [0.1, 0.15) is 42.0 Å². The third-order valence-corrected chi connectivity index (χ3v) is 11.4. The number of hydrogen-bond donors (Lipinski definition) is 9. The molecule has 0 saturated carbocycles. The van der Waals surface area contributed by atoms with Gasteiger partial charge in [-0.15, -0.1) is 0 Å². The van der Waals surface area contributed by atoms with Crippen LogP contribution in [0.25, 0.3) is 10.9 Å². The highest BCUT2D eigenvalue weighted by Gasteiger charge is 2.37. The number of phenolic OH excluding ortho intramolecular Hbond substituents is 1. The molecular formula is C44H57N9O7S. The summed E-state index contributed by atoms with van der Waals surface area (Å²) in [6, 6.07) is 15.5. The molecule has 16 nitrogen and oxygen atoms in total. The van der Waals surface area contributed by atoms with E-state index in [1.807, 2.05) is 60.9 Å². The number of phenols is 1. The number of carbonyl (C=O) groups excluding carboxylic acids is 6. The van der Waals surface area contributed by atoms with Gasteiger partial charge < -0.3 is 53.0 Å². The number of nitrogens with zero attached hydrogens (tertiary/aromatic N) is 1. The first kappa shape index (κ1) is 46.2. The molecule has 6 atom stereocenters. The Morgan fingerprint density at radius 2 is 1.20 bits per heavy atom. The standard InChI is InChI=1S/C44H57N9O7S/c1-53-38(23-27-10-4-3-5-11-27)43(59)51-35(22-28-15-17-30(54)18-16-28)40(56)50-36(24-29-26-47-32-13-7-6-12-31(29)32)41(57)48-33(14-8-9-20-45)39(55)52-37(25-46)42(58)49-34(44(53)60)19-21-61-2/h3-7,10-13,15-18,26,33-38,47,54H,8-9,14,19-25,45-46H2,1-2H3,(H,48,57)(H,49,58)(H,50,56)(H,51,59)(H,52,55)/t33-,34-,35-,36+,37-,38-/m0/s1. The Kier molecular flexibility index (Phi) is 17.1. The Balaban J connectivity index is 1.60. The van der Waals surface area contributed by atoms with Crippen molar-refractivity contribution in [2.24, 2.45) is 11.5 Å². The number of likely N-dealkylation sites (N-methyl/N-ethyl adjacent to an activating group) is 1. The number of amides is 6. The van der Waals surface area contributed by atoms with Gasteiger partial charge in [-0.25, -0.2) is 0 Å². The molecule has 17 heteroatoms. The lowest BCUT2D eigenvalue weighted by atomic mass is 9.99. The zero-order chi connectivity index (χ0) is 43.9. The zero-order valence-electron chi connectivity index (χ0n) is 34.5. The van der Waals surface area contributed by atoms with E-state index in [4.69, 9.17) is 11.5 Å². The topological polar surface area (TPSA) is 254 Å². The average Bonchev–Trinajstić information content (AvgIpc) is 3.67. The second kappa shape index (κ2) is 22.6. The van der Waals surface area contributed by atoms with E-state index in [1.54, 1.807) is 18.3 Å². The Hall–Kier alpha value is -5.91. The number of para-hydroxylation sites is 1. The molecule has 0 bridgehead atoms. The van der Waals surface area contributed by atoms with Crippen molar-refractivity contribution in [3.8, 4) is 5.75 Å². The van der Waals surface area contributed by atoms with Crippen LogP contribution in [0.5, 0.6) is 5.75 Å². The first-order valence-electron chi connectivity index (χ1n) is 20.5. The van der Waals surface area contributed by atoms with Crippen LogP contribution in [-0.4, -0.2) is 119 Å². The maximum Gasteiger partial charge on any atom is 0.245 e. The SMILES string of the molecule is CSCC[C@@H]1NC(=O)[C@H](CN)NC(=O)[C@H](CCCCN)NC(=O)[C@@H](Cc2c[nH]c3ccccc23)NC(=O)[C@H](Cc2ccc(O)cc2)NC(=O)[C@H](Cc2ccccc2)N(C)C1=O. The molecule has 2 heterocycles. The smallest absolute Gasteiger partial charge is 0.245 e. The van der Waals surface area contributed by atoms with Gasteiger partial charge in [0.2, 0.25) is 35.4 Å². The monoisotopic (exact) mass is 855 g/mol. The van der Waals surface area contributed by atoms with Gasteiger partial charge in [-0.3, -0.25) is 28.8 Å². The number of benzene rings is 3. The number of nitrogens with two attached hydrogens (primary N) is 2. The van der Waals surface area contributed by atoms with E-state index in [0.717, 1.165) is 16.5 Å². The highest BCUT2D eigenvalue weighted by molar-refractivity contribution is 7.98. The fourth-order valence-electron chi connectivity index (χ4n) is 7.29. The number of aromatic amines is 1. The summed E-state index contributed by atoms with van der Waals surface area (Å²) in [6.07, 6.45) is 4.96. The lowest BCUT2D eigenvalue weighted by Crippen LogP contribution is -2.63. The minimum Gasteiger partial charge on any atom is -0.508 e. The van der Waals surface area contributed by atoms with E-state index in [9.17, 15) is 33.9 Å². The summed E-state index contributed by atoms with van der Waals surface area (Å²) in [5, 5.41) is 24.8. The summed E-state index contributed by atoms with van der Waals surface area (Å²) in [7, 11) is 1.47. The van der Waals surface area contributed by atoms with Crippen LogP contribution in [0.4, 0.5) is 0 Å². The third-order valence-electron chi connectivity index (χ3n) is 10.8. The first-order valence-corrected chi connectivity index (χ1v) is 21.9. The largest absolute Gasteiger partial charge is 0.508 e. The van der Waals surface area contributed by atoms with Crippen molar-refractivity contribution in [1.29, 1.82) is 0 Å². The van der Waals surface area contributed by atoms with Crippen molar-refractivity contribution >= 4 is 58.1 Å². The molecule has 3 aromatic carbocycles. The molecule has 1 aliphatic heterocycles. The molecule has 1 aliphatic rings. The molecule has 0 aliphatic carbocycles. The Morgan fingerprint density at radius 3 is 1.89 bits per heavy atom. The van der Waals surface area contributed by atoms with Crippen LogP contribution < -0.4 is 38.1 Å². The number of unbranched alkanes of at least 4 members (excludes halogenated alkanes) is 1. The molecule has 1 saturated heterocycles. The predicted octanol–water partition coefficient (Wildman–Crippen LogP) is 1.01. The molecular weight excluding hydrogens is 799 g/mol. The summed E-state index contributed by atoms with van der Waals surface area (Å²) < 4.78 is 0. The number of fused-ring (bicyclic) bond motifs is 1. The van der Waals surface area contributed by atoms with Crippen LogP contribution in [0.2, 0.25) is 0 Å². The molecule has 1 aromatic heterocycles. The van der Waals surface area contributed by atoms with Gasteiger partial charge in [0, 0.05) is 50.0 Å². The number of hydrogen-bond acceptors (Lipinski definition) is 10. The lowest BCUT2D eigenvalue weighted by Gasteiger charge is -2.33. The minimum absolute atomic E-state index is 0.00224. The van der Waals surface area contributed by atoms with Crippen molar-refractivity contribution in [1.82, 2.24) is 36.5 Å². The number of aromatic nitrogens is 1. The fourth-order valence-corrected chi connectivity index (χ4v) is 7.76. The fraction of sp³-hybridized carbons (Fsp3) is 0.409. The van der Waals surface area contributed by atoms with Gasteiger partial charge in [-0.2, -0.15) is 11.8 Å². The number of rotatable bonds is 14. The average molecular weight is 856 g/mol. The number of aromatic hydroxyl groups is 1. The Morgan fingerprint density at radius 1 is 0.623 bits per heavy atom. The summed E-state index contributed by atoms with van der Waals surface area (Å²) in [6.45, 7) is 0.0244. The number of carbonyl (C=O) groups is 6. The van der Waals surface area contributed by atoms with Crippen molar-refractivity contribution in [2.75, 3.05) is 32.1 Å². The second-order valence-corrected chi connectivity index (χ2v) is 16.2. The van der Waals surface area contributed by atoms with Crippen LogP contribution in [0.15, 0.2) is 85.1 Å². The second-order valence-electron chi connectivity index (χ2n) is 15.2. The predicted molar refractivity (Wildman–Crippen MR) is 235 cm³/mol. The van der Waals surface area contributed by atoms with Crippen molar-refractivity contribution in [3.05, 3.63) is 102 Å². The number of thioether (sulfide) groups is 1. The van der Waals surface area contributed by atoms with Crippen molar-refractivity contribution in [3.63, 3.8) is 0 Å². The minimum atomic E-state index is -1.28. The van der Waals surface area contributed by atoms with Crippen molar-refractivity contribution < 1.29 is 33.9 Å². The summed E-state index contributed by atoms with van der Waals surface area (Å²) in [5.41, 5.74) is 14.7. The van der Waals surface area contributed by atoms with Crippen LogP contribution in [0.1, 0.15) is 42.4 Å². The van der Waals surface area contributed by atoms with E-state index in [2.05, 4.69) is 31.6 Å². The molecule has 0 unspecified atom stereocenters. The van der Waals surface area contributed by atoms with Gasteiger partial charge >= 0.3 is 0 Å². The summed E-state index contributed by atoms with van der Waals surface area (Å²) in [4.78, 5) is 90.5. The Labute approximate surface area is 359 Å². The van der Waals surface area contributed by atoms with E-state index in [-0.39, 0.29) is 44.4 Å². The van der Waals surface area contributed by atoms with Gasteiger partial charge in [0.25, 0.3) is 0 Å². The molecule has 0 spiro atoms. The molecule has 5 rings (SSSR count). The molecule has 1 fully saturated rings. The van der Waals surface area contributed by atoms with Crippen molar-refractivity contribution in [2.45, 2.75) is 81.2 Å². The molecule has 61 heavy (non-hydrogen) atoms. The van der Waals surface area contributed by atoms with Crippen LogP contribution in [0, 0.1) is 0 Å². The number of H-pyrrole nitrogens is 1. The molecule has 0 radical (unpaired) electrons. The maximum atomic E-state index is 14.6. The quantitative estimate of drug-likeness (QED) is 0.0814. The van der Waals surface area contributed by atoms with E-state index in [1.165, 1.54) is 35.8 Å². The highest BCUT2D eigenvalue weighted by Crippen LogP contribution is 2.21. The van der Waals surface area contributed by atoms with E-state index in [0.29, 0.717) is 36.3 Å². The van der Waals surface area contributed by atoms with Crippen LogP contribution in [-0.2, 0) is 48.0 Å². The maximum absolute atomic E-state index is 14.6. The third kappa shape index (κ3) is 12.8. The zero-order valence-corrected chi connectivity index (χ0v) is 35.3. The van der Waals surface area contributed by atoms with Gasteiger partial charge in [-0.1, -0.05) is 60.7 Å². The highest BCUT2D eigenvalue weighted by atomic mass is 32.2. The van der Waals surface area contributed by atoms with Gasteiger partial charge in [0.05, 0.1) is 0 Å². The molecule has 326 valence electrons. The van der Waals surface area contributed by atoms with Gasteiger partial charge in [-0.05, 0) is 79.1 Å². The summed E-state index contributed by atoms with van der Waals surface area (Å²) in [5.74, 6) is -3.51.